The number of anilines is 1. The molecule has 3 aromatic rings. The quantitative estimate of drug-likeness (QED) is 0.387. The molecule has 2 aromatic carbocycles. The summed E-state index contributed by atoms with van der Waals surface area (Å²) in [4.78, 5) is 38.1. The number of halogens is 1. The van der Waals surface area contributed by atoms with E-state index in [1.165, 1.54) is 30.1 Å². The molecule has 5 rings (SSSR count). The summed E-state index contributed by atoms with van der Waals surface area (Å²) in [6.07, 6.45) is 8.17. The monoisotopic (exact) mass is 485 g/mol. The number of hydrogen-bond donors (Lipinski definition) is 1. The zero-order valence-corrected chi connectivity index (χ0v) is 20.0. The van der Waals surface area contributed by atoms with Crippen LogP contribution in [-0.2, 0) is 11.3 Å². The van der Waals surface area contributed by atoms with Gasteiger partial charge in [0.1, 0.15) is 17.8 Å². The molecule has 2 amide bonds. The number of benzene rings is 2. The summed E-state index contributed by atoms with van der Waals surface area (Å²) in [5, 5.41) is 2.98. The van der Waals surface area contributed by atoms with Crippen molar-refractivity contribution in [2.75, 3.05) is 31.1 Å². The van der Waals surface area contributed by atoms with E-state index in [2.05, 4.69) is 20.2 Å². The van der Waals surface area contributed by atoms with Gasteiger partial charge < -0.3 is 15.1 Å². The van der Waals surface area contributed by atoms with Crippen molar-refractivity contribution in [3.8, 4) is 0 Å². The molecule has 0 saturated carbocycles. The van der Waals surface area contributed by atoms with Crippen LogP contribution in [0.5, 0.6) is 0 Å². The van der Waals surface area contributed by atoms with Gasteiger partial charge in [0.2, 0.25) is 0 Å². The van der Waals surface area contributed by atoms with Crippen LogP contribution in [0.1, 0.15) is 46.4 Å². The van der Waals surface area contributed by atoms with E-state index in [9.17, 15) is 14.0 Å². The number of carbonyl (C=O) groups is 2. The highest BCUT2D eigenvalue weighted by Gasteiger charge is 2.34. The molecule has 1 saturated heterocycles. The predicted octanol–water partition coefficient (Wildman–Crippen LogP) is 3.92. The SMILES string of the molecule is O=C(NCCCN1CCCC1)c1ccc(C=C2C(=O)N(Cc3ccccc3F)c3cncnc32)cc1. The Morgan fingerprint density at radius 2 is 1.86 bits per heavy atom. The van der Waals surface area contributed by atoms with Gasteiger partial charge in [0.15, 0.2) is 0 Å². The molecule has 1 N–H and O–H groups in total. The van der Waals surface area contributed by atoms with Crippen LogP contribution in [-0.4, -0.2) is 52.9 Å². The van der Waals surface area contributed by atoms with Crippen LogP contribution in [0.2, 0.25) is 0 Å². The van der Waals surface area contributed by atoms with Crippen LogP contribution in [0.25, 0.3) is 11.6 Å². The largest absolute Gasteiger partial charge is 0.352 e. The van der Waals surface area contributed by atoms with Gasteiger partial charge in [-0.15, -0.1) is 0 Å². The second kappa shape index (κ2) is 10.8. The lowest BCUT2D eigenvalue weighted by atomic mass is 10.1. The second-order valence-electron chi connectivity index (χ2n) is 9.08. The minimum atomic E-state index is -0.369. The average Bonchev–Trinajstić information content (AvgIpc) is 3.51. The zero-order chi connectivity index (χ0) is 24.9. The fourth-order valence-corrected chi connectivity index (χ4v) is 4.68. The van der Waals surface area contributed by atoms with Gasteiger partial charge in [-0.3, -0.25) is 9.59 Å². The minimum absolute atomic E-state index is 0.0834. The molecule has 0 atom stereocenters. The molecule has 36 heavy (non-hydrogen) atoms. The first-order valence-corrected chi connectivity index (χ1v) is 12.3. The van der Waals surface area contributed by atoms with E-state index in [1.54, 1.807) is 54.7 Å². The van der Waals surface area contributed by atoms with Crippen LogP contribution in [0.3, 0.4) is 0 Å². The summed E-state index contributed by atoms with van der Waals surface area (Å²) in [5.41, 5.74) is 3.20. The first-order valence-electron chi connectivity index (χ1n) is 12.3. The molecule has 1 aromatic heterocycles. The van der Waals surface area contributed by atoms with Gasteiger partial charge in [-0.25, -0.2) is 14.4 Å². The Kier molecular flexibility index (Phi) is 7.13. The van der Waals surface area contributed by atoms with Crippen molar-refractivity contribution in [2.24, 2.45) is 0 Å². The topological polar surface area (TPSA) is 78.4 Å². The van der Waals surface area contributed by atoms with Crippen molar-refractivity contribution in [3.05, 3.63) is 89.3 Å². The van der Waals surface area contributed by atoms with Gasteiger partial charge in [-0.2, -0.15) is 0 Å². The Balaban J connectivity index is 1.27. The Bertz CT molecular complexity index is 1290. The third-order valence-corrected chi connectivity index (χ3v) is 6.62. The first-order chi connectivity index (χ1) is 17.6. The highest BCUT2D eigenvalue weighted by atomic mass is 19.1. The lowest BCUT2D eigenvalue weighted by Crippen LogP contribution is -2.28. The van der Waals surface area contributed by atoms with E-state index >= 15 is 0 Å². The van der Waals surface area contributed by atoms with Gasteiger partial charge in [0.25, 0.3) is 11.8 Å². The Hall–Kier alpha value is -3.91. The van der Waals surface area contributed by atoms with Crippen LogP contribution in [0.4, 0.5) is 10.1 Å². The van der Waals surface area contributed by atoms with Crippen molar-refractivity contribution in [2.45, 2.75) is 25.8 Å². The van der Waals surface area contributed by atoms with Gasteiger partial charge in [0.05, 0.1) is 24.0 Å². The van der Waals surface area contributed by atoms with Crippen molar-refractivity contribution in [1.29, 1.82) is 0 Å². The zero-order valence-electron chi connectivity index (χ0n) is 20.0. The Morgan fingerprint density at radius 3 is 2.64 bits per heavy atom. The first kappa shape index (κ1) is 23.8. The maximum Gasteiger partial charge on any atom is 0.260 e. The van der Waals surface area contributed by atoms with Crippen LogP contribution in [0.15, 0.2) is 61.1 Å². The molecule has 2 aliphatic rings. The number of rotatable bonds is 8. The number of amides is 2. The van der Waals surface area contributed by atoms with Crippen molar-refractivity contribution in [1.82, 2.24) is 20.2 Å². The molecule has 184 valence electrons. The van der Waals surface area contributed by atoms with Crippen molar-refractivity contribution < 1.29 is 14.0 Å². The highest BCUT2D eigenvalue weighted by molar-refractivity contribution is 6.35. The lowest BCUT2D eigenvalue weighted by Gasteiger charge is -2.16. The normalized spacial score (nSPS) is 16.5. The maximum absolute atomic E-state index is 14.2. The third-order valence-electron chi connectivity index (χ3n) is 6.62. The summed E-state index contributed by atoms with van der Waals surface area (Å²) in [7, 11) is 0. The molecule has 0 radical (unpaired) electrons. The smallest absolute Gasteiger partial charge is 0.260 e. The maximum atomic E-state index is 14.2. The number of hydrogen-bond acceptors (Lipinski definition) is 5. The molecular weight excluding hydrogens is 457 g/mol. The van der Waals surface area contributed by atoms with E-state index in [0.29, 0.717) is 34.6 Å². The van der Waals surface area contributed by atoms with Gasteiger partial charge >= 0.3 is 0 Å². The molecule has 0 spiro atoms. The molecule has 8 heteroatoms. The molecular formula is C28H28FN5O2. The average molecular weight is 486 g/mol. The highest BCUT2D eigenvalue weighted by Crippen LogP contribution is 2.36. The standard InChI is InChI=1S/C28H28FN5O2/c29-24-7-2-1-6-22(24)18-34-25-17-30-19-32-26(25)23(28(34)36)16-20-8-10-21(11-9-20)27(35)31-12-5-15-33-13-3-4-14-33/h1-2,6-11,16-17,19H,3-5,12-15,18H2,(H,31,35). The fraction of sp³-hybridized carbons (Fsp3) is 0.286. The number of aromatic nitrogens is 2. The molecule has 1 fully saturated rings. The van der Waals surface area contributed by atoms with Gasteiger partial charge in [0, 0.05) is 17.7 Å². The van der Waals surface area contributed by atoms with E-state index in [0.717, 1.165) is 31.6 Å². The summed E-state index contributed by atoms with van der Waals surface area (Å²) in [6.45, 7) is 4.06. The number of carbonyl (C=O) groups excluding carboxylic acids is 2. The van der Waals surface area contributed by atoms with E-state index < -0.39 is 0 Å². The van der Waals surface area contributed by atoms with Gasteiger partial charge in [-0.05, 0) is 68.7 Å². The molecule has 7 nitrogen and oxygen atoms in total. The molecule has 2 aliphatic heterocycles. The Labute approximate surface area is 209 Å². The summed E-state index contributed by atoms with van der Waals surface area (Å²) >= 11 is 0. The molecule has 0 unspecified atom stereocenters. The van der Waals surface area contributed by atoms with Crippen LogP contribution < -0.4 is 10.2 Å². The number of likely N-dealkylation sites (tertiary alicyclic amines) is 1. The molecule has 0 bridgehead atoms. The van der Waals surface area contributed by atoms with Crippen LogP contribution >= 0.6 is 0 Å². The lowest BCUT2D eigenvalue weighted by molar-refractivity contribution is -0.113. The van der Waals surface area contributed by atoms with Crippen molar-refractivity contribution >= 4 is 29.2 Å². The number of nitrogens with zero attached hydrogens (tertiary/aromatic N) is 4. The predicted molar refractivity (Wildman–Crippen MR) is 137 cm³/mol. The molecule has 0 aliphatic carbocycles. The number of fused-ring (bicyclic) bond motifs is 1. The minimum Gasteiger partial charge on any atom is -0.352 e. The van der Waals surface area contributed by atoms with E-state index in [-0.39, 0.29) is 24.2 Å². The van der Waals surface area contributed by atoms with E-state index in [4.69, 9.17) is 0 Å². The third kappa shape index (κ3) is 5.18. The summed E-state index contributed by atoms with van der Waals surface area (Å²) in [6, 6.07) is 13.5. The molecule has 3 heterocycles. The van der Waals surface area contributed by atoms with E-state index in [1.807, 2.05) is 0 Å². The van der Waals surface area contributed by atoms with Crippen LogP contribution in [0, 0.1) is 5.82 Å². The summed E-state index contributed by atoms with van der Waals surface area (Å²) < 4.78 is 14.2. The summed E-state index contributed by atoms with van der Waals surface area (Å²) in [5.74, 6) is -0.749. The number of nitrogens with one attached hydrogen (secondary N) is 1. The van der Waals surface area contributed by atoms with Crippen molar-refractivity contribution in [3.63, 3.8) is 0 Å². The second-order valence-corrected chi connectivity index (χ2v) is 9.08. The Morgan fingerprint density at radius 1 is 1.08 bits per heavy atom. The fourth-order valence-electron chi connectivity index (χ4n) is 4.68. The van der Waals surface area contributed by atoms with Gasteiger partial charge in [-0.1, -0.05) is 30.3 Å².